The lowest BCUT2D eigenvalue weighted by atomic mass is 10.2. The predicted molar refractivity (Wildman–Crippen MR) is 112 cm³/mol. The van der Waals surface area contributed by atoms with E-state index < -0.39 is 0 Å². The van der Waals surface area contributed by atoms with E-state index in [4.69, 9.17) is 9.15 Å². The first-order chi connectivity index (χ1) is 14.2. The summed E-state index contributed by atoms with van der Waals surface area (Å²) in [5.74, 6) is 0.652. The number of aromatic nitrogens is 1. The molecule has 0 spiro atoms. The number of furan rings is 1. The van der Waals surface area contributed by atoms with Gasteiger partial charge in [0.05, 0.1) is 15.5 Å². The molecule has 0 bridgehead atoms. The highest BCUT2D eigenvalue weighted by Crippen LogP contribution is 2.15. The van der Waals surface area contributed by atoms with Crippen LogP contribution in [0.4, 0.5) is 0 Å². The Morgan fingerprint density at radius 3 is 2.72 bits per heavy atom. The highest BCUT2D eigenvalue weighted by Gasteiger charge is 2.05. The number of carbonyl (C=O) groups is 1. The molecular weight excluding hydrogens is 386 g/mol. The fraction of sp³-hybridized carbons (Fsp3) is 0.0435. The van der Waals surface area contributed by atoms with Crippen LogP contribution in [0, 0.1) is 0 Å². The van der Waals surface area contributed by atoms with Gasteiger partial charge < -0.3 is 14.1 Å². The molecule has 0 atom stereocenters. The molecule has 1 N–H and O–H groups in total. The van der Waals surface area contributed by atoms with Gasteiger partial charge in [0.2, 0.25) is 5.78 Å². The number of Topliss-reactive ketones (excluding diaryl/α,β-unsaturated/α-hetero) is 1. The number of hydrogen-bond acceptors (Lipinski definition) is 5. The lowest BCUT2D eigenvalue weighted by Crippen LogP contribution is -2.20. The number of hydrogen-bond donors (Lipinski definition) is 1. The Hall–Kier alpha value is -3.64. The summed E-state index contributed by atoms with van der Waals surface area (Å²) in [6.07, 6.45) is 4.57. The van der Waals surface area contributed by atoms with Crippen molar-refractivity contribution in [1.29, 1.82) is 0 Å². The molecule has 0 aliphatic carbocycles. The maximum Gasteiger partial charge on any atom is 0.266 e. The molecule has 5 nitrogen and oxygen atoms in total. The first kappa shape index (κ1) is 18.7. The maximum atomic E-state index is 12.2. The molecule has 0 fully saturated rings. The largest absolute Gasteiger partial charge is 0.489 e. The minimum Gasteiger partial charge on any atom is -0.489 e. The van der Waals surface area contributed by atoms with Crippen LogP contribution in [-0.2, 0) is 6.61 Å². The van der Waals surface area contributed by atoms with Crippen LogP contribution in [-0.4, -0.2) is 10.8 Å². The Bertz CT molecular complexity index is 1280. The van der Waals surface area contributed by atoms with Crippen molar-refractivity contribution in [3.05, 3.63) is 109 Å². The zero-order valence-electron chi connectivity index (χ0n) is 15.3. The number of rotatable bonds is 6. The summed E-state index contributed by atoms with van der Waals surface area (Å²) in [5, 5.41) is 0. The van der Waals surface area contributed by atoms with Crippen molar-refractivity contribution >= 4 is 29.3 Å². The van der Waals surface area contributed by atoms with Crippen molar-refractivity contribution in [2.24, 2.45) is 0 Å². The highest BCUT2D eigenvalue weighted by atomic mass is 32.1. The standard InChI is InChI=1S/C23H17NO4S/c25-19(20-10-5-11-27-20)14-22-24-23(26)21(29-22)13-17-8-4-9-18(12-17)28-15-16-6-2-1-3-7-16/h1-14H,15H2,(H,24,26). The SMILES string of the molecule is O=C(C=c1[nH]c(=O)c(=Cc2cccc(OCc3ccccc3)c2)s1)c1ccco1. The zero-order chi connectivity index (χ0) is 20.1. The van der Waals surface area contributed by atoms with Gasteiger partial charge in [-0.15, -0.1) is 11.3 Å². The normalized spacial score (nSPS) is 12.3. The number of ether oxygens (including phenoxy) is 1. The average Bonchev–Trinajstić information content (AvgIpc) is 3.38. The Morgan fingerprint density at radius 1 is 1.07 bits per heavy atom. The molecule has 29 heavy (non-hydrogen) atoms. The third-order valence-corrected chi connectivity index (χ3v) is 5.07. The summed E-state index contributed by atoms with van der Waals surface area (Å²) in [6, 6.07) is 20.7. The van der Waals surface area contributed by atoms with Gasteiger partial charge in [-0.25, -0.2) is 0 Å². The van der Waals surface area contributed by atoms with Crippen LogP contribution in [0.25, 0.3) is 12.2 Å². The fourth-order valence-corrected chi connectivity index (χ4v) is 3.61. The van der Waals surface area contributed by atoms with Crippen LogP contribution < -0.4 is 19.5 Å². The predicted octanol–water partition coefficient (Wildman–Crippen LogP) is 3.10. The molecule has 2 aromatic heterocycles. The molecule has 144 valence electrons. The number of thiazole rings is 1. The van der Waals surface area contributed by atoms with Gasteiger partial charge in [-0.2, -0.15) is 0 Å². The van der Waals surface area contributed by atoms with Gasteiger partial charge in [0.15, 0.2) is 5.76 Å². The number of nitrogens with one attached hydrogen (secondary N) is 1. The van der Waals surface area contributed by atoms with Gasteiger partial charge in [-0.1, -0.05) is 42.5 Å². The number of aromatic amines is 1. The van der Waals surface area contributed by atoms with Crippen molar-refractivity contribution in [3.63, 3.8) is 0 Å². The molecule has 6 heteroatoms. The van der Waals surface area contributed by atoms with Gasteiger partial charge in [0.25, 0.3) is 5.56 Å². The minimum absolute atomic E-state index is 0.230. The van der Waals surface area contributed by atoms with Crippen molar-refractivity contribution in [1.82, 2.24) is 4.98 Å². The second-order valence-electron chi connectivity index (χ2n) is 6.26. The second kappa shape index (κ2) is 8.58. The minimum atomic E-state index is -0.296. The Kier molecular flexibility index (Phi) is 5.54. The quantitative estimate of drug-likeness (QED) is 0.502. The molecule has 0 aliphatic rings. The summed E-state index contributed by atoms with van der Waals surface area (Å²) in [5.41, 5.74) is 1.67. The molecule has 2 aromatic carbocycles. The molecule has 0 saturated heterocycles. The van der Waals surface area contributed by atoms with Gasteiger partial charge in [-0.3, -0.25) is 9.59 Å². The summed E-state index contributed by atoms with van der Waals surface area (Å²) in [4.78, 5) is 27.0. The number of carbonyl (C=O) groups excluding carboxylic acids is 1. The third kappa shape index (κ3) is 4.80. The number of ketones is 1. The molecule has 0 saturated carbocycles. The van der Waals surface area contributed by atoms with Crippen molar-refractivity contribution in [3.8, 4) is 5.75 Å². The maximum absolute atomic E-state index is 12.2. The molecule has 4 rings (SSSR count). The van der Waals surface area contributed by atoms with E-state index in [2.05, 4.69) is 4.98 Å². The fourth-order valence-electron chi connectivity index (χ4n) is 2.72. The van der Waals surface area contributed by atoms with E-state index in [1.807, 2.05) is 54.6 Å². The summed E-state index contributed by atoms with van der Waals surface area (Å²) >= 11 is 1.21. The van der Waals surface area contributed by atoms with Crippen LogP contribution in [0.3, 0.4) is 0 Å². The molecule has 0 unspecified atom stereocenters. The molecular formula is C23H17NO4S. The van der Waals surface area contributed by atoms with E-state index >= 15 is 0 Å². The number of H-pyrrole nitrogens is 1. The van der Waals surface area contributed by atoms with Gasteiger partial charge in [0, 0.05) is 6.08 Å². The molecule has 2 heterocycles. The van der Waals surface area contributed by atoms with E-state index in [9.17, 15) is 9.59 Å². The Labute approximate surface area is 170 Å². The topological polar surface area (TPSA) is 72.3 Å². The lowest BCUT2D eigenvalue weighted by molar-refractivity contribution is 0.103. The third-order valence-electron chi connectivity index (χ3n) is 4.11. The van der Waals surface area contributed by atoms with E-state index in [0.717, 1.165) is 16.9 Å². The molecule has 0 radical (unpaired) electrons. The van der Waals surface area contributed by atoms with Crippen LogP contribution in [0.1, 0.15) is 21.7 Å². The smallest absolute Gasteiger partial charge is 0.266 e. The summed E-state index contributed by atoms with van der Waals surface area (Å²) < 4.78 is 11.9. The van der Waals surface area contributed by atoms with Gasteiger partial charge in [-0.05, 0) is 41.5 Å². The van der Waals surface area contributed by atoms with Crippen molar-refractivity contribution in [2.75, 3.05) is 0 Å². The van der Waals surface area contributed by atoms with E-state index in [1.165, 1.54) is 23.7 Å². The Balaban J connectivity index is 1.56. The lowest BCUT2D eigenvalue weighted by Gasteiger charge is -2.06. The monoisotopic (exact) mass is 403 g/mol. The van der Waals surface area contributed by atoms with E-state index in [-0.39, 0.29) is 17.1 Å². The molecule has 0 aliphatic heterocycles. The summed E-state index contributed by atoms with van der Waals surface area (Å²) in [6.45, 7) is 0.470. The average molecular weight is 403 g/mol. The van der Waals surface area contributed by atoms with E-state index in [0.29, 0.717) is 15.8 Å². The van der Waals surface area contributed by atoms with Crippen LogP contribution in [0.5, 0.6) is 5.75 Å². The highest BCUT2D eigenvalue weighted by molar-refractivity contribution is 7.07. The second-order valence-corrected chi connectivity index (χ2v) is 7.35. The van der Waals surface area contributed by atoms with Crippen molar-refractivity contribution in [2.45, 2.75) is 6.61 Å². The van der Waals surface area contributed by atoms with Crippen molar-refractivity contribution < 1.29 is 13.9 Å². The van der Waals surface area contributed by atoms with E-state index in [1.54, 1.807) is 18.2 Å². The van der Waals surface area contributed by atoms with Crippen LogP contribution in [0.15, 0.2) is 82.2 Å². The molecule has 4 aromatic rings. The number of benzene rings is 2. The van der Waals surface area contributed by atoms with Gasteiger partial charge >= 0.3 is 0 Å². The molecule has 0 amide bonds. The van der Waals surface area contributed by atoms with Gasteiger partial charge in [0.1, 0.15) is 12.4 Å². The first-order valence-corrected chi connectivity index (χ1v) is 9.76. The Morgan fingerprint density at radius 2 is 1.93 bits per heavy atom. The van der Waals surface area contributed by atoms with Crippen LogP contribution >= 0.6 is 11.3 Å². The zero-order valence-corrected chi connectivity index (χ0v) is 16.1. The first-order valence-electron chi connectivity index (χ1n) is 8.94. The summed E-state index contributed by atoms with van der Waals surface area (Å²) in [7, 11) is 0. The van der Waals surface area contributed by atoms with Crippen LogP contribution in [0.2, 0.25) is 0 Å².